The molecule has 0 unspecified atom stereocenters. The molecule has 0 radical (unpaired) electrons. The van der Waals surface area contributed by atoms with E-state index in [1.807, 2.05) is 25.5 Å². The van der Waals surface area contributed by atoms with Crippen molar-refractivity contribution in [3.63, 3.8) is 0 Å². The van der Waals surface area contributed by atoms with Gasteiger partial charge in [-0.25, -0.2) is 0 Å². The molecule has 2 heterocycles. The number of nitrogen functional groups attached to an aromatic ring is 1. The van der Waals surface area contributed by atoms with Gasteiger partial charge in [0.1, 0.15) is 5.69 Å². The van der Waals surface area contributed by atoms with Gasteiger partial charge in [-0.3, -0.25) is 14.2 Å². The van der Waals surface area contributed by atoms with Crippen LogP contribution in [0.4, 0.5) is 5.69 Å². The van der Waals surface area contributed by atoms with E-state index in [-0.39, 0.29) is 5.91 Å². The zero-order chi connectivity index (χ0) is 16.3. The minimum absolute atomic E-state index is 0.205. The van der Waals surface area contributed by atoms with Crippen molar-refractivity contribution in [2.24, 2.45) is 0 Å². The highest BCUT2D eigenvalue weighted by atomic mass is 35.5. The smallest absolute Gasteiger partial charge is 0.271 e. The van der Waals surface area contributed by atoms with Gasteiger partial charge in [0, 0.05) is 19.6 Å². The van der Waals surface area contributed by atoms with Gasteiger partial charge in [-0.1, -0.05) is 11.6 Å². The molecule has 8 heteroatoms. The lowest BCUT2D eigenvalue weighted by atomic mass is 10.3. The van der Waals surface area contributed by atoms with Gasteiger partial charge >= 0.3 is 0 Å². The van der Waals surface area contributed by atoms with Gasteiger partial charge in [-0.15, -0.1) is 0 Å². The highest BCUT2D eigenvalue weighted by molar-refractivity contribution is 6.31. The van der Waals surface area contributed by atoms with Crippen molar-refractivity contribution in [1.82, 2.24) is 24.9 Å². The summed E-state index contributed by atoms with van der Waals surface area (Å²) in [6.45, 7) is 7.55. The Balaban J connectivity index is 1.87. The number of nitrogens with two attached hydrogens (primary N) is 1. The van der Waals surface area contributed by atoms with Crippen LogP contribution in [0.2, 0.25) is 5.02 Å². The largest absolute Gasteiger partial charge is 0.396 e. The van der Waals surface area contributed by atoms with E-state index in [4.69, 9.17) is 17.3 Å². The van der Waals surface area contributed by atoms with Crippen LogP contribution < -0.4 is 11.1 Å². The van der Waals surface area contributed by atoms with Crippen molar-refractivity contribution in [3.05, 3.63) is 28.3 Å². The van der Waals surface area contributed by atoms with E-state index in [1.165, 1.54) is 6.20 Å². The van der Waals surface area contributed by atoms with Crippen LogP contribution in [-0.4, -0.2) is 32.0 Å². The molecule has 3 N–H and O–H groups in total. The molecule has 0 spiro atoms. The third kappa shape index (κ3) is 3.24. The lowest BCUT2D eigenvalue weighted by Crippen LogP contribution is -2.28. The second-order valence-electron chi connectivity index (χ2n) is 5.08. The average molecular weight is 325 g/mol. The zero-order valence-corrected chi connectivity index (χ0v) is 13.8. The second kappa shape index (κ2) is 6.83. The molecule has 0 aliphatic rings. The minimum atomic E-state index is -0.205. The van der Waals surface area contributed by atoms with Crippen molar-refractivity contribution in [2.75, 3.05) is 12.3 Å². The lowest BCUT2D eigenvalue weighted by molar-refractivity contribution is 0.0943. The molecule has 2 aromatic rings. The van der Waals surface area contributed by atoms with Crippen LogP contribution >= 0.6 is 11.6 Å². The standard InChI is InChI=1S/C14H21ClN6O/c1-4-20-13(11(16)8-18-20)14(22)17-6-5-7-21-10(3)12(15)9(2)19-21/h8H,4-7,16H2,1-3H3,(H,17,22). The van der Waals surface area contributed by atoms with Crippen LogP contribution in [-0.2, 0) is 13.1 Å². The van der Waals surface area contributed by atoms with Crippen LogP contribution in [0.5, 0.6) is 0 Å². The SMILES string of the molecule is CCn1ncc(N)c1C(=O)NCCCn1nc(C)c(Cl)c1C. The Morgan fingerprint density at radius 2 is 2.14 bits per heavy atom. The normalized spacial score (nSPS) is 10.9. The molecular formula is C14H21ClN6O. The fourth-order valence-electron chi connectivity index (χ4n) is 2.30. The number of nitrogens with one attached hydrogen (secondary N) is 1. The van der Waals surface area contributed by atoms with Crippen molar-refractivity contribution in [1.29, 1.82) is 0 Å². The predicted molar refractivity (Wildman–Crippen MR) is 86.0 cm³/mol. The Bertz CT molecular complexity index is 675. The molecule has 22 heavy (non-hydrogen) atoms. The summed E-state index contributed by atoms with van der Waals surface area (Å²) in [5.41, 5.74) is 8.35. The van der Waals surface area contributed by atoms with E-state index < -0.39 is 0 Å². The van der Waals surface area contributed by atoms with Gasteiger partial charge in [0.25, 0.3) is 5.91 Å². The Labute approximate surface area is 134 Å². The van der Waals surface area contributed by atoms with Gasteiger partial charge in [0.05, 0.1) is 28.3 Å². The average Bonchev–Trinajstić information content (AvgIpc) is 2.99. The van der Waals surface area contributed by atoms with Crippen LogP contribution in [0.1, 0.15) is 35.2 Å². The van der Waals surface area contributed by atoms with Crippen LogP contribution in [0.15, 0.2) is 6.20 Å². The number of halogens is 1. The Morgan fingerprint density at radius 3 is 2.73 bits per heavy atom. The number of amides is 1. The molecular weight excluding hydrogens is 304 g/mol. The molecule has 120 valence electrons. The summed E-state index contributed by atoms with van der Waals surface area (Å²) < 4.78 is 3.44. The summed E-state index contributed by atoms with van der Waals surface area (Å²) in [5.74, 6) is -0.205. The molecule has 1 amide bonds. The Morgan fingerprint density at radius 1 is 1.41 bits per heavy atom. The topological polar surface area (TPSA) is 90.8 Å². The monoisotopic (exact) mass is 324 g/mol. The van der Waals surface area contributed by atoms with Gasteiger partial charge in [-0.05, 0) is 27.2 Å². The van der Waals surface area contributed by atoms with E-state index in [0.29, 0.717) is 36.0 Å². The van der Waals surface area contributed by atoms with Gasteiger partial charge in [0.2, 0.25) is 0 Å². The number of carbonyl (C=O) groups excluding carboxylic acids is 1. The molecule has 0 bridgehead atoms. The van der Waals surface area contributed by atoms with Gasteiger partial charge in [-0.2, -0.15) is 10.2 Å². The number of aromatic nitrogens is 4. The quantitative estimate of drug-likeness (QED) is 0.792. The third-order valence-corrected chi connectivity index (χ3v) is 4.05. The number of rotatable bonds is 6. The lowest BCUT2D eigenvalue weighted by Gasteiger charge is -2.08. The first-order chi connectivity index (χ1) is 10.5. The summed E-state index contributed by atoms with van der Waals surface area (Å²) in [4.78, 5) is 12.1. The van der Waals surface area contributed by atoms with Crippen molar-refractivity contribution >= 4 is 23.2 Å². The first-order valence-electron chi connectivity index (χ1n) is 7.24. The van der Waals surface area contributed by atoms with Gasteiger partial charge in [0.15, 0.2) is 0 Å². The van der Waals surface area contributed by atoms with Gasteiger partial charge < -0.3 is 11.1 Å². The molecule has 0 atom stereocenters. The maximum absolute atomic E-state index is 12.1. The zero-order valence-electron chi connectivity index (χ0n) is 13.1. The van der Waals surface area contributed by atoms with E-state index in [2.05, 4.69) is 15.5 Å². The van der Waals surface area contributed by atoms with E-state index in [1.54, 1.807) is 4.68 Å². The molecule has 0 aliphatic carbocycles. The van der Waals surface area contributed by atoms with E-state index >= 15 is 0 Å². The molecule has 2 aromatic heterocycles. The molecule has 7 nitrogen and oxygen atoms in total. The number of nitrogens with zero attached hydrogens (tertiary/aromatic N) is 4. The van der Waals surface area contributed by atoms with Crippen LogP contribution in [0.25, 0.3) is 0 Å². The highest BCUT2D eigenvalue weighted by Gasteiger charge is 2.15. The van der Waals surface area contributed by atoms with Crippen molar-refractivity contribution in [3.8, 4) is 0 Å². The highest BCUT2D eigenvalue weighted by Crippen LogP contribution is 2.18. The second-order valence-corrected chi connectivity index (χ2v) is 5.46. The van der Waals surface area contributed by atoms with Crippen LogP contribution in [0.3, 0.4) is 0 Å². The molecule has 0 saturated heterocycles. The molecule has 0 aromatic carbocycles. The summed E-state index contributed by atoms with van der Waals surface area (Å²) in [7, 11) is 0. The van der Waals surface area contributed by atoms with Crippen molar-refractivity contribution < 1.29 is 4.79 Å². The number of hydrogen-bond acceptors (Lipinski definition) is 4. The fourth-order valence-corrected chi connectivity index (χ4v) is 2.43. The molecule has 2 rings (SSSR count). The number of carbonyl (C=O) groups is 1. The molecule has 0 aliphatic heterocycles. The number of anilines is 1. The fraction of sp³-hybridized carbons (Fsp3) is 0.500. The maximum Gasteiger partial charge on any atom is 0.271 e. The number of hydrogen-bond donors (Lipinski definition) is 2. The van der Waals surface area contributed by atoms with Crippen LogP contribution in [0, 0.1) is 13.8 Å². The van der Waals surface area contributed by atoms with Crippen molar-refractivity contribution in [2.45, 2.75) is 40.3 Å². The Hall–Kier alpha value is -2.02. The Kier molecular flexibility index (Phi) is 5.07. The minimum Gasteiger partial charge on any atom is -0.396 e. The summed E-state index contributed by atoms with van der Waals surface area (Å²) in [6, 6.07) is 0. The molecule has 0 saturated carbocycles. The number of aryl methyl sites for hydroxylation is 3. The molecule has 0 fully saturated rings. The first kappa shape index (κ1) is 16.4. The summed E-state index contributed by atoms with van der Waals surface area (Å²) >= 11 is 6.10. The van der Waals surface area contributed by atoms with E-state index in [0.717, 1.165) is 17.8 Å². The van der Waals surface area contributed by atoms with E-state index in [9.17, 15) is 4.79 Å². The summed E-state index contributed by atoms with van der Waals surface area (Å²) in [6.07, 6.45) is 2.25. The predicted octanol–water partition coefficient (Wildman–Crippen LogP) is 1.77. The summed E-state index contributed by atoms with van der Waals surface area (Å²) in [5, 5.41) is 12.0. The maximum atomic E-state index is 12.1. The first-order valence-corrected chi connectivity index (χ1v) is 7.62. The third-order valence-electron chi connectivity index (χ3n) is 3.51.